The number of rotatable bonds is 5. The molecule has 6 heteroatoms. The van der Waals surface area contributed by atoms with Crippen molar-refractivity contribution in [3.8, 4) is 0 Å². The third-order valence-corrected chi connectivity index (χ3v) is 2.73. The quantitative estimate of drug-likeness (QED) is 0.820. The van der Waals surface area contributed by atoms with E-state index in [-0.39, 0.29) is 5.97 Å². The van der Waals surface area contributed by atoms with Gasteiger partial charge in [-0.15, -0.1) is 0 Å². The van der Waals surface area contributed by atoms with Crippen molar-refractivity contribution in [2.45, 2.75) is 6.92 Å². The average molecular weight is 285 g/mol. The van der Waals surface area contributed by atoms with Crippen LogP contribution < -0.4 is 11.1 Å². The minimum atomic E-state index is -0.561. The SMILES string of the molecule is CCOC(=O)c1ccc(Nc2ncccc2C(N)=O)cc1. The summed E-state index contributed by atoms with van der Waals surface area (Å²) in [5.41, 5.74) is 6.72. The van der Waals surface area contributed by atoms with E-state index in [1.807, 2.05) is 0 Å². The first-order chi connectivity index (χ1) is 10.1. The number of benzene rings is 1. The zero-order chi connectivity index (χ0) is 15.2. The third-order valence-electron chi connectivity index (χ3n) is 2.73. The molecule has 108 valence electrons. The lowest BCUT2D eigenvalue weighted by Gasteiger charge is -2.09. The summed E-state index contributed by atoms with van der Waals surface area (Å²) >= 11 is 0. The summed E-state index contributed by atoms with van der Waals surface area (Å²) in [6, 6.07) is 9.89. The molecule has 0 spiro atoms. The Morgan fingerprint density at radius 3 is 2.57 bits per heavy atom. The second kappa shape index (κ2) is 6.51. The van der Waals surface area contributed by atoms with Gasteiger partial charge in [-0.2, -0.15) is 0 Å². The van der Waals surface area contributed by atoms with Gasteiger partial charge in [0.1, 0.15) is 5.82 Å². The minimum Gasteiger partial charge on any atom is -0.462 e. The highest BCUT2D eigenvalue weighted by molar-refractivity contribution is 5.98. The summed E-state index contributed by atoms with van der Waals surface area (Å²) in [5.74, 6) is -0.567. The van der Waals surface area contributed by atoms with Crippen molar-refractivity contribution in [3.05, 3.63) is 53.7 Å². The summed E-state index contributed by atoms with van der Waals surface area (Å²) in [6.07, 6.45) is 1.56. The number of carbonyl (C=O) groups is 2. The van der Waals surface area contributed by atoms with Crippen LogP contribution in [-0.4, -0.2) is 23.5 Å². The second-order valence-corrected chi connectivity index (χ2v) is 4.19. The lowest BCUT2D eigenvalue weighted by Crippen LogP contribution is -2.14. The van der Waals surface area contributed by atoms with Gasteiger partial charge < -0.3 is 15.8 Å². The van der Waals surface area contributed by atoms with Crippen LogP contribution >= 0.6 is 0 Å². The highest BCUT2D eigenvalue weighted by Crippen LogP contribution is 2.18. The van der Waals surface area contributed by atoms with Crippen molar-refractivity contribution in [1.29, 1.82) is 0 Å². The van der Waals surface area contributed by atoms with E-state index in [2.05, 4.69) is 10.3 Å². The van der Waals surface area contributed by atoms with Crippen molar-refractivity contribution in [2.24, 2.45) is 5.73 Å². The topological polar surface area (TPSA) is 94.3 Å². The molecule has 2 aromatic rings. The summed E-state index contributed by atoms with van der Waals surface area (Å²) in [6.45, 7) is 2.08. The van der Waals surface area contributed by atoms with Crippen LogP contribution in [0.25, 0.3) is 0 Å². The number of ether oxygens (including phenoxy) is 1. The zero-order valence-corrected chi connectivity index (χ0v) is 11.5. The first-order valence-electron chi connectivity index (χ1n) is 6.41. The van der Waals surface area contributed by atoms with Gasteiger partial charge in [0.25, 0.3) is 5.91 Å². The molecule has 21 heavy (non-hydrogen) atoms. The monoisotopic (exact) mass is 285 g/mol. The van der Waals surface area contributed by atoms with E-state index in [9.17, 15) is 9.59 Å². The van der Waals surface area contributed by atoms with Gasteiger partial charge in [0.15, 0.2) is 0 Å². The molecule has 0 bridgehead atoms. The van der Waals surface area contributed by atoms with Crippen molar-refractivity contribution in [2.75, 3.05) is 11.9 Å². The molecule has 0 atom stereocenters. The Balaban J connectivity index is 2.18. The Labute approximate surface area is 121 Å². The lowest BCUT2D eigenvalue weighted by molar-refractivity contribution is 0.0526. The summed E-state index contributed by atoms with van der Waals surface area (Å²) in [7, 11) is 0. The summed E-state index contributed by atoms with van der Waals surface area (Å²) < 4.78 is 4.90. The maximum Gasteiger partial charge on any atom is 0.338 e. The van der Waals surface area contributed by atoms with E-state index >= 15 is 0 Å². The molecule has 1 amide bonds. The van der Waals surface area contributed by atoms with Gasteiger partial charge in [0, 0.05) is 11.9 Å². The van der Waals surface area contributed by atoms with Crippen LogP contribution in [0.15, 0.2) is 42.6 Å². The Morgan fingerprint density at radius 2 is 1.95 bits per heavy atom. The van der Waals surface area contributed by atoms with Gasteiger partial charge in [-0.1, -0.05) is 0 Å². The summed E-state index contributed by atoms with van der Waals surface area (Å²) in [4.78, 5) is 26.9. The number of hydrogen-bond acceptors (Lipinski definition) is 5. The Bertz CT molecular complexity index is 653. The van der Waals surface area contributed by atoms with Crippen molar-refractivity contribution < 1.29 is 14.3 Å². The number of primary amides is 1. The Morgan fingerprint density at radius 1 is 1.24 bits per heavy atom. The molecule has 3 N–H and O–H groups in total. The van der Waals surface area contributed by atoms with E-state index in [0.29, 0.717) is 29.2 Å². The number of carbonyl (C=O) groups excluding carboxylic acids is 2. The van der Waals surface area contributed by atoms with E-state index in [0.717, 1.165) is 0 Å². The molecule has 2 rings (SSSR count). The fourth-order valence-electron chi connectivity index (χ4n) is 1.74. The molecule has 0 unspecified atom stereocenters. The van der Waals surface area contributed by atoms with Crippen molar-refractivity contribution in [1.82, 2.24) is 4.98 Å². The van der Waals surface area contributed by atoms with Crippen molar-refractivity contribution >= 4 is 23.4 Å². The van der Waals surface area contributed by atoms with Gasteiger partial charge in [-0.05, 0) is 43.3 Å². The fourth-order valence-corrected chi connectivity index (χ4v) is 1.74. The number of hydrogen-bond donors (Lipinski definition) is 2. The Hall–Kier alpha value is -2.89. The molecule has 0 aliphatic carbocycles. The molecule has 0 saturated carbocycles. The van der Waals surface area contributed by atoms with Crippen LogP contribution in [0.5, 0.6) is 0 Å². The molecular weight excluding hydrogens is 270 g/mol. The van der Waals surface area contributed by atoms with Crippen LogP contribution in [0.2, 0.25) is 0 Å². The predicted molar refractivity (Wildman–Crippen MR) is 78.4 cm³/mol. The molecule has 0 fully saturated rings. The number of aromatic nitrogens is 1. The first kappa shape index (κ1) is 14.5. The van der Waals surface area contributed by atoms with Crippen LogP contribution in [-0.2, 0) is 4.74 Å². The molecule has 0 aliphatic rings. The van der Waals surface area contributed by atoms with Crippen LogP contribution in [0.4, 0.5) is 11.5 Å². The van der Waals surface area contributed by atoms with Crippen LogP contribution in [0.1, 0.15) is 27.6 Å². The normalized spacial score (nSPS) is 9.95. The van der Waals surface area contributed by atoms with E-state index < -0.39 is 5.91 Å². The van der Waals surface area contributed by atoms with E-state index in [4.69, 9.17) is 10.5 Å². The van der Waals surface area contributed by atoms with Crippen molar-refractivity contribution in [3.63, 3.8) is 0 Å². The first-order valence-corrected chi connectivity index (χ1v) is 6.41. The van der Waals surface area contributed by atoms with Gasteiger partial charge in [0.2, 0.25) is 0 Å². The largest absolute Gasteiger partial charge is 0.462 e. The number of pyridine rings is 1. The summed E-state index contributed by atoms with van der Waals surface area (Å²) in [5, 5.41) is 2.99. The second-order valence-electron chi connectivity index (χ2n) is 4.19. The number of anilines is 2. The number of nitrogens with two attached hydrogens (primary N) is 1. The maximum absolute atomic E-state index is 11.5. The smallest absolute Gasteiger partial charge is 0.338 e. The lowest BCUT2D eigenvalue weighted by atomic mass is 10.2. The number of nitrogens with zero attached hydrogens (tertiary/aromatic N) is 1. The highest BCUT2D eigenvalue weighted by Gasteiger charge is 2.10. The van der Waals surface area contributed by atoms with Crippen LogP contribution in [0, 0.1) is 0 Å². The molecule has 1 aromatic carbocycles. The molecule has 1 heterocycles. The standard InChI is InChI=1S/C15H15N3O3/c1-2-21-15(20)10-5-7-11(8-6-10)18-14-12(13(16)19)4-3-9-17-14/h3-9H,2H2,1H3,(H2,16,19)(H,17,18). The van der Waals surface area contributed by atoms with Gasteiger partial charge in [0.05, 0.1) is 17.7 Å². The molecule has 0 aliphatic heterocycles. The molecular formula is C15H15N3O3. The van der Waals surface area contributed by atoms with Crippen LogP contribution in [0.3, 0.4) is 0 Å². The predicted octanol–water partition coefficient (Wildman–Crippen LogP) is 2.10. The number of amides is 1. The van der Waals surface area contributed by atoms with Gasteiger partial charge >= 0.3 is 5.97 Å². The fraction of sp³-hybridized carbons (Fsp3) is 0.133. The molecule has 0 saturated heterocycles. The van der Waals surface area contributed by atoms with E-state index in [1.54, 1.807) is 49.5 Å². The van der Waals surface area contributed by atoms with E-state index in [1.165, 1.54) is 0 Å². The zero-order valence-electron chi connectivity index (χ0n) is 11.5. The molecule has 6 nitrogen and oxygen atoms in total. The number of esters is 1. The molecule has 0 radical (unpaired) electrons. The Kier molecular flexibility index (Phi) is 4.50. The molecule has 1 aromatic heterocycles. The number of nitrogens with one attached hydrogen (secondary N) is 1. The maximum atomic E-state index is 11.5. The minimum absolute atomic E-state index is 0.298. The van der Waals surface area contributed by atoms with Gasteiger partial charge in [-0.25, -0.2) is 9.78 Å². The highest BCUT2D eigenvalue weighted by atomic mass is 16.5. The third kappa shape index (κ3) is 3.56. The van der Waals surface area contributed by atoms with Gasteiger partial charge in [-0.3, -0.25) is 4.79 Å². The average Bonchev–Trinajstić information content (AvgIpc) is 2.48.